The van der Waals surface area contributed by atoms with E-state index in [2.05, 4.69) is 245 Å². The fourth-order valence-electron chi connectivity index (χ4n) is 17.5. The molecule has 1 amide bonds. The molecule has 0 spiro atoms. The molecule has 4 N–H and O–H groups in total. The molecule has 3 aliphatic rings. The summed E-state index contributed by atoms with van der Waals surface area (Å²) in [7, 11) is 0. The van der Waals surface area contributed by atoms with E-state index in [1.165, 1.54) is 66.8 Å². The molecule has 499 valence electrons. The monoisotopic (exact) mass is 1260 g/mol. The molecule has 0 aliphatic carbocycles. The lowest BCUT2D eigenvalue weighted by Gasteiger charge is -2.45. The van der Waals surface area contributed by atoms with Crippen molar-refractivity contribution in [1.82, 2.24) is 10.6 Å². The van der Waals surface area contributed by atoms with E-state index in [9.17, 15) is 9.59 Å². The molecule has 0 bridgehead atoms. The number of nitrogens with two attached hydrogens (primary N) is 1. The second-order valence-corrected chi connectivity index (χ2v) is 32.0. The first-order chi connectivity index (χ1) is 40.4. The normalized spacial score (nSPS) is 29.5. The van der Waals surface area contributed by atoms with Crippen LogP contribution in [-0.2, 0) is 13.0 Å². The Balaban J connectivity index is 0.00000122. The summed E-state index contributed by atoms with van der Waals surface area (Å²) in [5, 5.41) is 7.28. The van der Waals surface area contributed by atoms with Crippen LogP contribution < -0.4 is 16.4 Å². The molecule has 9 radical (unpaired) electrons. The van der Waals surface area contributed by atoms with Gasteiger partial charge in [0.05, 0.1) is 0 Å². The van der Waals surface area contributed by atoms with E-state index >= 15 is 0 Å². The van der Waals surface area contributed by atoms with Gasteiger partial charge in [0.15, 0.2) is 26.9 Å². The largest absolute Gasteiger partial charge is 0.364 e. The maximum atomic E-state index is 13.6. The van der Waals surface area contributed by atoms with Gasteiger partial charge in [0.2, 0.25) is 0 Å². The summed E-state index contributed by atoms with van der Waals surface area (Å²) in [4.78, 5) is 25.0. The molecular weight excluding hydrogens is 1120 g/mol. The fraction of sp³-hybridized carbons (Fsp3) is 0.737. The first-order valence-corrected chi connectivity index (χ1v) is 36.0. The highest BCUT2D eigenvalue weighted by molar-refractivity contribution is 6.82. The minimum Gasteiger partial charge on any atom is -0.364 e. The van der Waals surface area contributed by atoms with Gasteiger partial charge in [0, 0.05) is 42.9 Å². The Hall–Kier alpha value is -2.41. The number of amides is 1. The van der Waals surface area contributed by atoms with Gasteiger partial charge >= 0.3 is 0 Å². The number of hydrogen-bond acceptors (Lipinski definition) is 4. The summed E-state index contributed by atoms with van der Waals surface area (Å²) in [6.45, 7) is 87.8. The number of rotatable bonds is 7. The van der Waals surface area contributed by atoms with E-state index in [1.54, 1.807) is 0 Å². The molecule has 3 fully saturated rings. The van der Waals surface area contributed by atoms with Crippen molar-refractivity contribution in [3.63, 3.8) is 0 Å². The summed E-state index contributed by atoms with van der Waals surface area (Å²) in [5.41, 5.74) is 28.7. The quantitative estimate of drug-likeness (QED) is 0.163. The van der Waals surface area contributed by atoms with Gasteiger partial charge in [-0.25, -0.2) is 0 Å². The first kappa shape index (κ1) is 88.6. The summed E-state index contributed by atoms with van der Waals surface area (Å²) < 4.78 is 0. The van der Waals surface area contributed by atoms with Crippen molar-refractivity contribution in [3.05, 3.63) is 100 Å². The van der Waals surface area contributed by atoms with E-state index in [0.717, 1.165) is 99.6 Å². The topological polar surface area (TPSA) is 84.2 Å². The van der Waals surface area contributed by atoms with Gasteiger partial charge < -0.3 is 16.4 Å². The number of benzene rings is 3. The maximum absolute atomic E-state index is 13.6. The SMILES string of the molecule is CB1C(N)B(C)C(C)C(C)C(C)C(C)C1C.CB1C(NC(=O)c2c(C)c(C)c(C)c(C)c2C)B(C)C(C)C(C)C(C)C(C)C1C.CB1C(NCc2c(C)c(C)c(C)c(C)c2C)B(C)C(C)C(C)C(C)C(C)C1C.CCc1c(C)c(C)c(C)c(C)c1C(=O)Cl.[B].[B].[B]. The second kappa shape index (κ2) is 36.8. The highest BCUT2D eigenvalue weighted by Crippen LogP contribution is 2.46. The number of nitrogens with one attached hydrogen (secondary N) is 2. The summed E-state index contributed by atoms with van der Waals surface area (Å²) in [6, 6.07) is 0. The third-order valence-corrected chi connectivity index (χ3v) is 29.2. The van der Waals surface area contributed by atoms with Crippen LogP contribution >= 0.6 is 11.6 Å². The van der Waals surface area contributed by atoms with E-state index in [1.807, 2.05) is 13.8 Å². The molecule has 15 heteroatoms. The van der Waals surface area contributed by atoms with Crippen LogP contribution in [0.15, 0.2) is 0 Å². The average Bonchev–Trinajstić information content (AvgIpc) is 0.827. The van der Waals surface area contributed by atoms with Gasteiger partial charge in [0.25, 0.3) is 11.1 Å². The Kier molecular flexibility index (Phi) is 35.8. The van der Waals surface area contributed by atoms with E-state index in [-0.39, 0.29) is 42.2 Å². The molecule has 3 aliphatic heterocycles. The van der Waals surface area contributed by atoms with Crippen molar-refractivity contribution < 1.29 is 9.59 Å². The summed E-state index contributed by atoms with van der Waals surface area (Å²) in [5.74, 6) is 12.1. The van der Waals surface area contributed by atoms with Gasteiger partial charge in [-0.2, -0.15) is 0 Å². The molecule has 0 saturated carbocycles. The zero-order valence-electron chi connectivity index (χ0n) is 65.8. The molecule has 91 heavy (non-hydrogen) atoms. The van der Waals surface area contributed by atoms with Crippen molar-refractivity contribution in [3.8, 4) is 0 Å². The van der Waals surface area contributed by atoms with Crippen molar-refractivity contribution in [2.45, 2.75) is 314 Å². The predicted molar refractivity (Wildman–Crippen MR) is 421 cm³/mol. The second-order valence-electron chi connectivity index (χ2n) is 31.6. The Morgan fingerprint density at radius 1 is 0.352 bits per heavy atom. The van der Waals surface area contributed by atoms with Crippen LogP contribution in [0.1, 0.15) is 221 Å². The van der Waals surface area contributed by atoms with Gasteiger partial charge in [-0.05, 0) is 275 Å². The molecule has 6 rings (SSSR count). The Morgan fingerprint density at radius 2 is 0.582 bits per heavy atom. The Morgan fingerprint density at radius 3 is 0.857 bits per heavy atom. The van der Waals surface area contributed by atoms with E-state index in [4.69, 9.17) is 17.3 Å². The van der Waals surface area contributed by atoms with Crippen LogP contribution in [0.4, 0.5) is 0 Å². The Bertz CT molecular complexity index is 2680. The maximum Gasteiger partial charge on any atom is 0.252 e. The van der Waals surface area contributed by atoms with Gasteiger partial charge in [0.1, 0.15) is 13.4 Å². The molecule has 3 heterocycles. The number of carbonyl (C=O) groups excluding carboxylic acids is 2. The minimum absolute atomic E-state index is 0. The molecule has 3 saturated heterocycles. The highest BCUT2D eigenvalue weighted by Gasteiger charge is 2.47. The van der Waals surface area contributed by atoms with Crippen LogP contribution in [-0.4, -0.2) is 94.2 Å². The van der Waals surface area contributed by atoms with Crippen LogP contribution in [0.2, 0.25) is 75.8 Å². The molecule has 0 aromatic heterocycles. The van der Waals surface area contributed by atoms with Crippen LogP contribution in [0.5, 0.6) is 0 Å². The van der Waals surface area contributed by atoms with Crippen LogP contribution in [0, 0.1) is 150 Å². The van der Waals surface area contributed by atoms with Crippen molar-refractivity contribution >= 4 is 88.3 Å². The number of carbonyl (C=O) groups is 2. The third-order valence-electron chi connectivity index (χ3n) is 29.0. The first-order valence-electron chi connectivity index (χ1n) is 35.7. The molecule has 5 nitrogen and oxygen atoms in total. The summed E-state index contributed by atoms with van der Waals surface area (Å²) >= 11 is 5.65. The lowest BCUT2D eigenvalue weighted by atomic mass is 9.17. The lowest BCUT2D eigenvalue weighted by Crippen LogP contribution is -2.59. The van der Waals surface area contributed by atoms with Crippen LogP contribution in [0.25, 0.3) is 0 Å². The fourth-order valence-corrected chi connectivity index (χ4v) is 17.7. The average molecular weight is 1250 g/mol. The number of hydrogen-bond donors (Lipinski definition) is 3. The molecule has 12 unspecified atom stereocenters. The zero-order chi connectivity index (χ0) is 68.2. The van der Waals surface area contributed by atoms with Crippen molar-refractivity contribution in [1.29, 1.82) is 0 Å². The van der Waals surface area contributed by atoms with Crippen molar-refractivity contribution in [2.24, 2.45) is 59.0 Å². The van der Waals surface area contributed by atoms with E-state index in [0.29, 0.717) is 86.9 Å². The molecule has 12 atom stereocenters. The van der Waals surface area contributed by atoms with Crippen LogP contribution in [0.3, 0.4) is 0 Å². The van der Waals surface area contributed by atoms with Gasteiger partial charge in [-0.15, -0.1) is 0 Å². The smallest absolute Gasteiger partial charge is 0.252 e. The zero-order valence-corrected chi connectivity index (χ0v) is 66.5. The van der Waals surface area contributed by atoms with Gasteiger partial charge in [-0.1, -0.05) is 187 Å². The lowest BCUT2D eigenvalue weighted by molar-refractivity contribution is 0.0952. The van der Waals surface area contributed by atoms with Crippen molar-refractivity contribution in [2.75, 3.05) is 0 Å². The minimum atomic E-state index is -0.337. The number of halogens is 1. The summed E-state index contributed by atoms with van der Waals surface area (Å²) in [6.07, 6.45) is 0.849. The third kappa shape index (κ3) is 18.8. The van der Waals surface area contributed by atoms with E-state index < -0.39 is 0 Å². The predicted octanol–water partition coefficient (Wildman–Crippen LogP) is 19.1. The molecule has 3 aromatic rings. The Labute approximate surface area is 578 Å². The molecule has 3 aromatic carbocycles. The molecular formula is C76H134B9ClN3O2. The standard InChI is InChI=1S/C25H43B2NO.C25H45B2N.C13H29B2N.C13H17ClO.3B/c1-13-14(2)19(7)23(20(8)15(13)3)24(29)28-25-26(11)21(9)17(5)16(4)18(6)22(10)27(25)12;1-14-15(2)20(7)24(21(8)16(14)3)13-28-25-26(11)22(9)18(5)17(4)19(6)23(10)27(25)12;1-8-9(2)11(4)14(6)13(16)15(7)12(5)10(8)3;1-6-11-9(4)7(2)8(3)10(5)12(11)13(14)15;;;/h16-18,21-22,25H,1-12H3,(H,28,29);17-19,22-23,25,28H,13H2,1-12H3;8-13H,16H2,1-7H3;6H2,1-5H3;;;. The van der Waals surface area contributed by atoms with Gasteiger partial charge in [-0.3, -0.25) is 9.59 Å². The highest BCUT2D eigenvalue weighted by atomic mass is 35.5.